The lowest BCUT2D eigenvalue weighted by molar-refractivity contribution is -0.0816. The van der Waals surface area contributed by atoms with Gasteiger partial charge in [0.1, 0.15) is 6.10 Å². The SMILES string of the molecule is CN=C(NCCS(=O)(=O)NCC1CCC1)N1CCOC(C2CCCO2)C1.I. The Hall–Kier alpha value is -0.170. The van der Waals surface area contributed by atoms with Gasteiger partial charge in [0.05, 0.1) is 18.5 Å². The first-order chi connectivity index (χ1) is 12.6. The summed E-state index contributed by atoms with van der Waals surface area (Å²) in [6.07, 6.45) is 5.83. The van der Waals surface area contributed by atoms with Crippen LogP contribution in [0.3, 0.4) is 0 Å². The van der Waals surface area contributed by atoms with E-state index in [1.807, 2.05) is 0 Å². The summed E-state index contributed by atoms with van der Waals surface area (Å²) in [7, 11) is -1.52. The van der Waals surface area contributed by atoms with Crippen molar-refractivity contribution in [3.63, 3.8) is 0 Å². The lowest BCUT2D eigenvalue weighted by Crippen LogP contribution is -2.54. The van der Waals surface area contributed by atoms with Crippen LogP contribution in [-0.2, 0) is 19.5 Å². The number of ether oxygens (including phenoxy) is 2. The number of nitrogens with one attached hydrogen (secondary N) is 2. The van der Waals surface area contributed by atoms with Gasteiger partial charge in [0.25, 0.3) is 0 Å². The predicted molar refractivity (Wildman–Crippen MR) is 116 cm³/mol. The van der Waals surface area contributed by atoms with Gasteiger partial charge in [-0.25, -0.2) is 13.1 Å². The average molecular weight is 516 g/mol. The van der Waals surface area contributed by atoms with Crippen LogP contribution in [0.4, 0.5) is 0 Å². The predicted octanol–water partition coefficient (Wildman–Crippen LogP) is 0.779. The number of rotatable bonds is 7. The number of hydrogen-bond donors (Lipinski definition) is 2. The Bertz CT molecular complexity index is 579. The Balaban J connectivity index is 0.00000261. The van der Waals surface area contributed by atoms with E-state index in [-0.39, 0.29) is 41.9 Å². The maximum Gasteiger partial charge on any atom is 0.213 e. The molecule has 3 rings (SSSR count). The summed E-state index contributed by atoms with van der Waals surface area (Å²) in [6.45, 7) is 3.82. The maximum absolute atomic E-state index is 12.1. The minimum absolute atomic E-state index is 0. The summed E-state index contributed by atoms with van der Waals surface area (Å²) in [6, 6.07) is 0. The van der Waals surface area contributed by atoms with Gasteiger partial charge in [0.2, 0.25) is 10.0 Å². The molecule has 1 aliphatic carbocycles. The molecule has 0 aromatic rings. The van der Waals surface area contributed by atoms with Crippen LogP contribution < -0.4 is 10.0 Å². The Labute approximate surface area is 179 Å². The summed E-state index contributed by atoms with van der Waals surface area (Å²) in [5.74, 6) is 1.30. The highest BCUT2D eigenvalue weighted by Crippen LogP contribution is 2.25. The molecular weight excluding hydrogens is 483 g/mol. The van der Waals surface area contributed by atoms with E-state index in [1.54, 1.807) is 7.05 Å². The van der Waals surface area contributed by atoms with Crippen molar-refractivity contribution in [1.29, 1.82) is 0 Å². The monoisotopic (exact) mass is 516 g/mol. The van der Waals surface area contributed by atoms with E-state index in [2.05, 4.69) is 19.9 Å². The zero-order valence-electron chi connectivity index (χ0n) is 16.1. The molecule has 0 radical (unpaired) electrons. The fourth-order valence-corrected chi connectivity index (χ4v) is 4.64. The third kappa shape index (κ3) is 6.98. The summed E-state index contributed by atoms with van der Waals surface area (Å²) in [5.41, 5.74) is 0. The standard InChI is InChI=1S/C17H32N4O4S.HI/c1-18-17(19-7-11-26(22,23)20-12-14-4-2-5-14)21-8-10-25-16(13-21)15-6-3-9-24-15;/h14-16,20H,2-13H2,1H3,(H,18,19);1H. The van der Waals surface area contributed by atoms with E-state index in [4.69, 9.17) is 9.47 Å². The molecule has 2 atom stereocenters. The number of sulfonamides is 1. The summed E-state index contributed by atoms with van der Waals surface area (Å²) >= 11 is 0. The van der Waals surface area contributed by atoms with Crippen LogP contribution in [0.5, 0.6) is 0 Å². The molecule has 27 heavy (non-hydrogen) atoms. The third-order valence-electron chi connectivity index (χ3n) is 5.45. The van der Waals surface area contributed by atoms with Gasteiger partial charge in [0, 0.05) is 39.8 Å². The average Bonchev–Trinajstić information content (AvgIpc) is 3.12. The number of nitrogens with zero attached hydrogens (tertiary/aromatic N) is 2. The molecule has 2 heterocycles. The molecule has 2 unspecified atom stereocenters. The van der Waals surface area contributed by atoms with Crippen molar-refractivity contribution in [2.45, 2.75) is 44.3 Å². The number of halogens is 1. The first-order valence-electron chi connectivity index (χ1n) is 9.73. The number of aliphatic imine (C=N–C) groups is 1. The zero-order valence-corrected chi connectivity index (χ0v) is 19.2. The molecule has 2 aliphatic heterocycles. The molecule has 0 spiro atoms. The molecule has 2 N–H and O–H groups in total. The van der Waals surface area contributed by atoms with Crippen LogP contribution in [0.25, 0.3) is 0 Å². The van der Waals surface area contributed by atoms with E-state index in [0.29, 0.717) is 25.6 Å². The van der Waals surface area contributed by atoms with E-state index in [0.717, 1.165) is 51.3 Å². The molecule has 158 valence electrons. The van der Waals surface area contributed by atoms with Gasteiger partial charge in [-0.05, 0) is 31.6 Å². The largest absolute Gasteiger partial charge is 0.375 e. The molecule has 2 saturated heterocycles. The smallest absolute Gasteiger partial charge is 0.213 e. The van der Waals surface area contributed by atoms with Gasteiger partial charge in [-0.3, -0.25) is 4.99 Å². The Morgan fingerprint density at radius 2 is 1.93 bits per heavy atom. The van der Waals surface area contributed by atoms with Crippen molar-refractivity contribution in [2.24, 2.45) is 10.9 Å². The van der Waals surface area contributed by atoms with Crippen LogP contribution in [0.2, 0.25) is 0 Å². The molecule has 0 aromatic carbocycles. The molecule has 0 amide bonds. The van der Waals surface area contributed by atoms with E-state index < -0.39 is 10.0 Å². The van der Waals surface area contributed by atoms with E-state index >= 15 is 0 Å². The van der Waals surface area contributed by atoms with Crippen molar-refractivity contribution in [2.75, 3.05) is 52.2 Å². The highest BCUT2D eigenvalue weighted by Gasteiger charge is 2.32. The van der Waals surface area contributed by atoms with Crippen LogP contribution in [0, 0.1) is 5.92 Å². The molecule has 1 saturated carbocycles. The van der Waals surface area contributed by atoms with Crippen molar-refractivity contribution in [1.82, 2.24) is 14.9 Å². The van der Waals surface area contributed by atoms with E-state index in [1.165, 1.54) is 6.42 Å². The summed E-state index contributed by atoms with van der Waals surface area (Å²) in [4.78, 5) is 6.44. The normalized spacial score (nSPS) is 27.1. The van der Waals surface area contributed by atoms with Crippen LogP contribution >= 0.6 is 24.0 Å². The van der Waals surface area contributed by atoms with Crippen molar-refractivity contribution >= 4 is 40.0 Å². The number of hydrogen-bond acceptors (Lipinski definition) is 5. The minimum Gasteiger partial charge on any atom is -0.375 e. The topological polar surface area (TPSA) is 92.3 Å². The van der Waals surface area contributed by atoms with Gasteiger partial charge in [0.15, 0.2) is 5.96 Å². The van der Waals surface area contributed by atoms with Crippen molar-refractivity contribution < 1.29 is 17.9 Å². The molecule has 0 aromatic heterocycles. The molecule has 0 bridgehead atoms. The first-order valence-corrected chi connectivity index (χ1v) is 11.4. The van der Waals surface area contributed by atoms with Gasteiger partial charge in [-0.15, -0.1) is 24.0 Å². The summed E-state index contributed by atoms with van der Waals surface area (Å²) in [5, 5.41) is 3.18. The zero-order chi connectivity index (χ0) is 18.4. The Morgan fingerprint density at radius 1 is 1.15 bits per heavy atom. The van der Waals surface area contributed by atoms with Gasteiger partial charge < -0.3 is 19.7 Å². The molecule has 10 heteroatoms. The number of guanidine groups is 1. The number of morpholine rings is 1. The third-order valence-corrected chi connectivity index (χ3v) is 6.80. The van der Waals surface area contributed by atoms with Gasteiger partial charge >= 0.3 is 0 Å². The Morgan fingerprint density at radius 3 is 2.56 bits per heavy atom. The fourth-order valence-electron chi connectivity index (χ4n) is 3.63. The minimum atomic E-state index is -3.24. The quantitative estimate of drug-likeness (QED) is 0.295. The second-order valence-corrected chi connectivity index (χ2v) is 9.27. The molecule has 8 nitrogen and oxygen atoms in total. The Kier molecular flexibility index (Phi) is 9.53. The fraction of sp³-hybridized carbons (Fsp3) is 0.941. The molecular formula is C17H33IN4O4S. The van der Waals surface area contributed by atoms with Gasteiger partial charge in [-0.2, -0.15) is 0 Å². The van der Waals surface area contributed by atoms with Crippen LogP contribution in [0.15, 0.2) is 4.99 Å². The van der Waals surface area contributed by atoms with E-state index in [9.17, 15) is 8.42 Å². The first kappa shape index (κ1) is 23.1. The van der Waals surface area contributed by atoms with Gasteiger partial charge in [-0.1, -0.05) is 6.42 Å². The maximum atomic E-state index is 12.1. The highest BCUT2D eigenvalue weighted by atomic mass is 127. The van der Waals surface area contributed by atoms with Crippen LogP contribution in [0.1, 0.15) is 32.1 Å². The second kappa shape index (κ2) is 11.1. The van der Waals surface area contributed by atoms with Crippen LogP contribution in [-0.4, -0.2) is 83.7 Å². The van der Waals surface area contributed by atoms with Crippen molar-refractivity contribution in [3.8, 4) is 0 Å². The highest BCUT2D eigenvalue weighted by molar-refractivity contribution is 14.0. The lowest BCUT2D eigenvalue weighted by Gasteiger charge is -2.37. The lowest BCUT2D eigenvalue weighted by atomic mass is 9.86. The second-order valence-electron chi connectivity index (χ2n) is 7.34. The molecule has 3 aliphatic rings. The summed E-state index contributed by atoms with van der Waals surface area (Å²) < 4.78 is 38.5. The molecule has 3 fully saturated rings. The van der Waals surface area contributed by atoms with Crippen molar-refractivity contribution in [3.05, 3.63) is 0 Å².